The van der Waals surface area contributed by atoms with Crippen molar-refractivity contribution in [2.24, 2.45) is 5.92 Å². The maximum absolute atomic E-state index is 12.3. The lowest BCUT2D eigenvalue weighted by atomic mass is 10.2. The fraction of sp³-hybridized carbons (Fsp3) is 0.333. The minimum Gasteiger partial charge on any atom is -0.490 e. The number of hydrogen-bond acceptors (Lipinski definition) is 7. The van der Waals surface area contributed by atoms with Crippen molar-refractivity contribution >= 4 is 23.3 Å². The van der Waals surface area contributed by atoms with Crippen molar-refractivity contribution < 1.29 is 28.7 Å². The number of nitrogens with zero attached hydrogens (tertiary/aromatic N) is 1. The number of hydrogen-bond donors (Lipinski definition) is 1. The second-order valence-electron chi connectivity index (χ2n) is 6.73. The zero-order valence-corrected chi connectivity index (χ0v) is 17.0. The van der Waals surface area contributed by atoms with E-state index in [0.717, 1.165) is 0 Å². The third-order valence-corrected chi connectivity index (χ3v) is 3.75. The highest BCUT2D eigenvalue weighted by molar-refractivity contribution is 5.95. The standard InChI is InChI=1S/C21H24N2O7/c1-4-28-19-11-15(5-10-18(19)29-12-14(2)3)21(25)30-13-20(24)22-16-6-8-17(9-7-16)23(26)27/h5-11,14H,4,12-13H2,1-3H3,(H,22,24). The molecule has 0 aromatic heterocycles. The van der Waals surface area contributed by atoms with Gasteiger partial charge in [-0.05, 0) is 43.2 Å². The van der Waals surface area contributed by atoms with Gasteiger partial charge < -0.3 is 19.5 Å². The van der Waals surface area contributed by atoms with Gasteiger partial charge >= 0.3 is 5.97 Å². The maximum atomic E-state index is 12.3. The third kappa shape index (κ3) is 6.77. The van der Waals surface area contributed by atoms with Crippen LogP contribution in [0, 0.1) is 16.0 Å². The molecule has 160 valence electrons. The van der Waals surface area contributed by atoms with Gasteiger partial charge in [0.2, 0.25) is 0 Å². The van der Waals surface area contributed by atoms with Crippen molar-refractivity contribution in [2.75, 3.05) is 25.1 Å². The number of benzene rings is 2. The summed E-state index contributed by atoms with van der Waals surface area (Å²) >= 11 is 0. The van der Waals surface area contributed by atoms with Gasteiger partial charge in [-0.2, -0.15) is 0 Å². The van der Waals surface area contributed by atoms with E-state index < -0.39 is 23.4 Å². The summed E-state index contributed by atoms with van der Waals surface area (Å²) in [7, 11) is 0. The minimum atomic E-state index is -0.690. The van der Waals surface area contributed by atoms with Crippen molar-refractivity contribution in [3.63, 3.8) is 0 Å². The van der Waals surface area contributed by atoms with Crippen LogP contribution in [0.5, 0.6) is 11.5 Å². The van der Waals surface area contributed by atoms with E-state index in [-0.39, 0.29) is 11.3 Å². The summed E-state index contributed by atoms with van der Waals surface area (Å²) in [6, 6.07) is 9.98. The number of non-ortho nitro benzene ring substituents is 1. The zero-order valence-electron chi connectivity index (χ0n) is 17.0. The Labute approximate surface area is 174 Å². The molecule has 30 heavy (non-hydrogen) atoms. The Morgan fingerprint density at radius 2 is 1.77 bits per heavy atom. The summed E-state index contributed by atoms with van der Waals surface area (Å²) < 4.78 is 16.3. The van der Waals surface area contributed by atoms with Gasteiger partial charge in [-0.3, -0.25) is 14.9 Å². The van der Waals surface area contributed by atoms with Crippen LogP contribution in [0.15, 0.2) is 42.5 Å². The van der Waals surface area contributed by atoms with E-state index in [1.54, 1.807) is 6.07 Å². The molecule has 1 amide bonds. The third-order valence-electron chi connectivity index (χ3n) is 3.75. The van der Waals surface area contributed by atoms with Crippen molar-refractivity contribution in [1.29, 1.82) is 0 Å². The quantitative estimate of drug-likeness (QED) is 0.355. The molecule has 0 atom stereocenters. The maximum Gasteiger partial charge on any atom is 0.338 e. The van der Waals surface area contributed by atoms with Gasteiger partial charge in [0.15, 0.2) is 18.1 Å². The first-order valence-electron chi connectivity index (χ1n) is 9.41. The van der Waals surface area contributed by atoms with Crippen LogP contribution < -0.4 is 14.8 Å². The number of anilines is 1. The molecular formula is C21H24N2O7. The normalized spacial score (nSPS) is 10.4. The van der Waals surface area contributed by atoms with Crippen LogP contribution >= 0.6 is 0 Å². The highest BCUT2D eigenvalue weighted by Crippen LogP contribution is 2.29. The van der Waals surface area contributed by atoms with Gasteiger partial charge in [0, 0.05) is 17.8 Å². The number of nitro groups is 1. The molecule has 2 rings (SSSR count). The van der Waals surface area contributed by atoms with Crippen molar-refractivity contribution in [1.82, 2.24) is 0 Å². The Morgan fingerprint density at radius 1 is 1.07 bits per heavy atom. The molecule has 9 heteroatoms. The Morgan fingerprint density at radius 3 is 2.37 bits per heavy atom. The summed E-state index contributed by atoms with van der Waals surface area (Å²) in [5.74, 6) is 0.0173. The topological polar surface area (TPSA) is 117 Å². The van der Waals surface area contributed by atoms with E-state index in [2.05, 4.69) is 5.32 Å². The van der Waals surface area contributed by atoms with E-state index in [9.17, 15) is 19.7 Å². The van der Waals surface area contributed by atoms with Crippen LogP contribution in [0.2, 0.25) is 0 Å². The Balaban J connectivity index is 1.95. The molecule has 0 aliphatic heterocycles. The Bertz CT molecular complexity index is 895. The summed E-state index contributed by atoms with van der Waals surface area (Å²) in [5, 5.41) is 13.1. The number of nitrogens with one attached hydrogen (secondary N) is 1. The molecule has 0 unspecified atom stereocenters. The predicted octanol–water partition coefficient (Wildman–Crippen LogP) is 3.82. The van der Waals surface area contributed by atoms with Gasteiger partial charge in [0.05, 0.1) is 23.7 Å². The lowest BCUT2D eigenvalue weighted by Crippen LogP contribution is -2.21. The summed E-state index contributed by atoms with van der Waals surface area (Å²) in [5.41, 5.74) is 0.482. The summed E-state index contributed by atoms with van der Waals surface area (Å²) in [6.07, 6.45) is 0. The molecule has 0 spiro atoms. The van der Waals surface area contributed by atoms with Crippen LogP contribution in [0.1, 0.15) is 31.1 Å². The number of carbonyl (C=O) groups is 2. The summed E-state index contributed by atoms with van der Waals surface area (Å²) in [6.45, 7) is 6.26. The minimum absolute atomic E-state index is 0.0923. The SMILES string of the molecule is CCOc1cc(C(=O)OCC(=O)Nc2ccc([N+](=O)[O-])cc2)ccc1OCC(C)C. The molecule has 1 N–H and O–H groups in total. The van der Waals surface area contributed by atoms with Gasteiger partial charge in [0.25, 0.3) is 11.6 Å². The number of carbonyl (C=O) groups excluding carboxylic acids is 2. The van der Waals surface area contributed by atoms with Crippen molar-refractivity contribution in [2.45, 2.75) is 20.8 Å². The first kappa shape index (κ1) is 22.7. The van der Waals surface area contributed by atoms with Crippen LogP contribution in [0.3, 0.4) is 0 Å². The molecule has 0 aliphatic carbocycles. The molecule has 0 bridgehead atoms. The second-order valence-corrected chi connectivity index (χ2v) is 6.73. The Kier molecular flexibility index (Phi) is 8.16. The molecule has 9 nitrogen and oxygen atoms in total. The molecular weight excluding hydrogens is 392 g/mol. The van der Waals surface area contributed by atoms with E-state index in [1.807, 2.05) is 20.8 Å². The fourth-order valence-electron chi connectivity index (χ4n) is 2.36. The number of amides is 1. The van der Waals surface area contributed by atoms with E-state index in [1.165, 1.54) is 36.4 Å². The largest absolute Gasteiger partial charge is 0.490 e. The molecule has 0 aliphatic rings. The first-order valence-corrected chi connectivity index (χ1v) is 9.41. The molecule has 2 aromatic rings. The van der Waals surface area contributed by atoms with Crippen molar-refractivity contribution in [3.05, 3.63) is 58.1 Å². The fourth-order valence-corrected chi connectivity index (χ4v) is 2.36. The highest BCUT2D eigenvalue weighted by atomic mass is 16.6. The van der Waals surface area contributed by atoms with E-state index in [0.29, 0.717) is 36.3 Å². The van der Waals surface area contributed by atoms with Crippen LogP contribution in [0.4, 0.5) is 11.4 Å². The number of esters is 1. The second kappa shape index (κ2) is 10.8. The van der Waals surface area contributed by atoms with Gasteiger partial charge in [-0.25, -0.2) is 4.79 Å². The average molecular weight is 416 g/mol. The van der Waals surface area contributed by atoms with Gasteiger partial charge in [0.1, 0.15) is 0 Å². The van der Waals surface area contributed by atoms with E-state index >= 15 is 0 Å². The number of nitro benzene ring substituents is 1. The molecule has 0 radical (unpaired) electrons. The lowest BCUT2D eigenvalue weighted by Gasteiger charge is -2.14. The molecule has 0 heterocycles. The predicted molar refractivity (Wildman–Crippen MR) is 110 cm³/mol. The number of ether oxygens (including phenoxy) is 3. The van der Waals surface area contributed by atoms with Gasteiger partial charge in [-0.15, -0.1) is 0 Å². The van der Waals surface area contributed by atoms with E-state index in [4.69, 9.17) is 14.2 Å². The average Bonchev–Trinajstić information content (AvgIpc) is 2.71. The molecule has 0 saturated heterocycles. The highest BCUT2D eigenvalue weighted by Gasteiger charge is 2.15. The van der Waals surface area contributed by atoms with Crippen LogP contribution in [0.25, 0.3) is 0 Å². The Hall–Kier alpha value is -3.62. The zero-order chi connectivity index (χ0) is 22.1. The lowest BCUT2D eigenvalue weighted by molar-refractivity contribution is -0.384. The molecule has 2 aromatic carbocycles. The van der Waals surface area contributed by atoms with Crippen LogP contribution in [-0.4, -0.2) is 36.6 Å². The monoisotopic (exact) mass is 416 g/mol. The first-order chi connectivity index (χ1) is 14.3. The number of rotatable bonds is 10. The van der Waals surface area contributed by atoms with Crippen LogP contribution in [-0.2, 0) is 9.53 Å². The van der Waals surface area contributed by atoms with Gasteiger partial charge in [-0.1, -0.05) is 13.8 Å². The van der Waals surface area contributed by atoms with Crippen molar-refractivity contribution in [3.8, 4) is 11.5 Å². The smallest absolute Gasteiger partial charge is 0.338 e. The molecule has 0 saturated carbocycles. The molecule has 0 fully saturated rings. The summed E-state index contributed by atoms with van der Waals surface area (Å²) in [4.78, 5) is 34.4.